The second-order valence-corrected chi connectivity index (χ2v) is 12.0. The number of nitro groups is 1. The molecule has 0 unspecified atom stereocenters. The quantitative estimate of drug-likeness (QED) is 0.0831. The third-order valence-electron chi connectivity index (χ3n) is 9.16. The Morgan fingerprint density at radius 3 is 1.78 bits per heavy atom. The Morgan fingerprint density at radius 2 is 1.22 bits per heavy atom. The molecule has 1 aromatic carbocycles. The molecule has 13 heteroatoms. The first-order valence-electron chi connectivity index (χ1n) is 16.1. The van der Waals surface area contributed by atoms with Gasteiger partial charge in [0.15, 0.2) is 0 Å². The number of hydrogen-bond donors (Lipinski definition) is 0. The van der Waals surface area contributed by atoms with Gasteiger partial charge >= 0.3 is 11.4 Å². The molecule has 0 N–H and O–H groups in total. The minimum atomic E-state index is -0.316. The fourth-order valence-corrected chi connectivity index (χ4v) is 6.07. The van der Waals surface area contributed by atoms with Crippen molar-refractivity contribution >= 4 is 22.7 Å². The maximum atomic E-state index is 13.3. The lowest BCUT2D eigenvalue weighted by Crippen LogP contribution is -2.47. The van der Waals surface area contributed by atoms with Crippen molar-refractivity contribution < 1.29 is 9.41 Å². The van der Waals surface area contributed by atoms with Gasteiger partial charge in [-0.2, -0.15) is 0 Å². The number of aryl methyl sites for hydroxylation is 2. The van der Waals surface area contributed by atoms with E-state index in [0.717, 1.165) is 72.8 Å². The normalized spacial score (nSPS) is 11.4. The van der Waals surface area contributed by atoms with Gasteiger partial charge in [0.2, 0.25) is 0 Å². The first kappa shape index (κ1) is 38.6. The highest BCUT2D eigenvalue weighted by atomic mass is 79.9. The standard InChI is InChI=1S/C33H49N6O6.BrH/c1-6-39(7-2,25-28-17-11-12-18-29(28)38(44)45)22-16-10-15-21-37-31(41)24-27(4)36(33(37)43)20-14-9-8-13-19-35-26(3)23-30(40)34(5)32(35)42;/h11-12,17-18,23-24H,6-10,13-16,19-22,25H2,1-5H3;1H/q+1;. The summed E-state index contributed by atoms with van der Waals surface area (Å²) in [6.07, 6.45) is 5.72. The van der Waals surface area contributed by atoms with E-state index in [1.54, 1.807) is 35.1 Å². The van der Waals surface area contributed by atoms with Gasteiger partial charge in [-0.15, -0.1) is 17.0 Å². The fourth-order valence-electron chi connectivity index (χ4n) is 6.07. The average Bonchev–Trinajstić information content (AvgIpc) is 3.01. The highest BCUT2D eigenvalue weighted by Crippen LogP contribution is 2.24. The number of rotatable bonds is 18. The third kappa shape index (κ3) is 9.71. The highest BCUT2D eigenvalue weighted by Gasteiger charge is 2.27. The number of nitrogens with zero attached hydrogens (tertiary/aromatic N) is 6. The van der Waals surface area contributed by atoms with E-state index in [-0.39, 0.29) is 50.1 Å². The monoisotopic (exact) mass is 705 g/mol. The Kier molecular flexibility index (Phi) is 15.1. The summed E-state index contributed by atoms with van der Waals surface area (Å²) in [5, 5.41) is 11.5. The minimum absolute atomic E-state index is 0. The molecule has 0 bridgehead atoms. The molecule has 12 nitrogen and oxygen atoms in total. The molecule has 0 saturated heterocycles. The van der Waals surface area contributed by atoms with Crippen LogP contribution in [0.4, 0.5) is 5.69 Å². The van der Waals surface area contributed by atoms with E-state index in [2.05, 4.69) is 13.8 Å². The third-order valence-corrected chi connectivity index (χ3v) is 9.16. The van der Waals surface area contributed by atoms with Gasteiger partial charge in [0.1, 0.15) is 6.54 Å². The first-order chi connectivity index (χ1) is 21.4. The molecular formula is C33H50BrN6O6+. The van der Waals surface area contributed by atoms with E-state index in [0.29, 0.717) is 44.0 Å². The molecule has 254 valence electrons. The van der Waals surface area contributed by atoms with Crippen molar-refractivity contribution in [2.45, 2.75) is 98.8 Å². The summed E-state index contributed by atoms with van der Waals surface area (Å²) in [5.41, 5.74) is 1.03. The zero-order valence-electron chi connectivity index (χ0n) is 27.9. The average molecular weight is 707 g/mol. The lowest BCUT2D eigenvalue weighted by atomic mass is 10.1. The van der Waals surface area contributed by atoms with Crippen LogP contribution in [0.2, 0.25) is 0 Å². The molecule has 0 atom stereocenters. The van der Waals surface area contributed by atoms with Gasteiger partial charge in [-0.3, -0.25) is 38.0 Å². The molecule has 0 amide bonds. The molecule has 2 heterocycles. The number of nitro benzene ring substituents is 1. The van der Waals surface area contributed by atoms with Crippen molar-refractivity contribution in [2.24, 2.45) is 7.05 Å². The van der Waals surface area contributed by atoms with Crippen molar-refractivity contribution in [3.8, 4) is 0 Å². The van der Waals surface area contributed by atoms with Crippen LogP contribution in [0.15, 0.2) is 55.6 Å². The van der Waals surface area contributed by atoms with E-state index in [9.17, 15) is 29.3 Å². The topological polar surface area (TPSA) is 131 Å². The molecule has 0 spiro atoms. The van der Waals surface area contributed by atoms with Gasteiger partial charge in [0, 0.05) is 56.3 Å². The van der Waals surface area contributed by atoms with Gasteiger partial charge in [-0.25, -0.2) is 9.59 Å². The number of para-hydroxylation sites is 1. The maximum absolute atomic E-state index is 13.3. The Hall–Kier alpha value is -3.58. The molecule has 2 aromatic heterocycles. The summed E-state index contributed by atoms with van der Waals surface area (Å²) in [6.45, 7) is 12.3. The van der Waals surface area contributed by atoms with Crippen LogP contribution in [0.5, 0.6) is 0 Å². The smallest absolute Gasteiger partial charge is 0.320 e. The zero-order valence-corrected chi connectivity index (χ0v) is 29.6. The maximum Gasteiger partial charge on any atom is 0.331 e. The van der Waals surface area contributed by atoms with Crippen molar-refractivity contribution in [1.29, 1.82) is 0 Å². The van der Waals surface area contributed by atoms with Crippen LogP contribution in [0.1, 0.15) is 75.7 Å². The largest absolute Gasteiger partial charge is 0.331 e. The van der Waals surface area contributed by atoms with Crippen LogP contribution in [-0.2, 0) is 33.2 Å². The summed E-state index contributed by atoms with van der Waals surface area (Å²) < 4.78 is 6.47. The van der Waals surface area contributed by atoms with Crippen molar-refractivity contribution in [3.05, 3.63) is 105 Å². The van der Waals surface area contributed by atoms with Crippen molar-refractivity contribution in [3.63, 3.8) is 0 Å². The number of quaternary nitrogens is 1. The van der Waals surface area contributed by atoms with Crippen molar-refractivity contribution in [1.82, 2.24) is 18.3 Å². The molecular weight excluding hydrogens is 656 g/mol. The molecule has 46 heavy (non-hydrogen) atoms. The van der Waals surface area contributed by atoms with Gasteiger partial charge in [0.05, 0.1) is 30.1 Å². The Labute approximate surface area is 280 Å². The minimum Gasteiger partial charge on any atom is -0.320 e. The number of aromatic nitrogens is 4. The SMILES string of the molecule is Br.CC[N+](CC)(CCCCCn1c(=O)cc(C)n(CCCCCCn2c(C)cc(=O)n(C)c2=O)c1=O)Cc1ccccc1[N+](=O)[O-]. The summed E-state index contributed by atoms with van der Waals surface area (Å²) >= 11 is 0. The molecule has 3 rings (SSSR count). The summed E-state index contributed by atoms with van der Waals surface area (Å²) in [4.78, 5) is 61.3. The molecule has 0 aliphatic heterocycles. The predicted octanol–water partition coefficient (Wildman–Crippen LogP) is 4.46. The van der Waals surface area contributed by atoms with Crippen LogP contribution < -0.4 is 22.5 Å². The highest BCUT2D eigenvalue weighted by molar-refractivity contribution is 8.93. The number of hydrogen-bond acceptors (Lipinski definition) is 6. The van der Waals surface area contributed by atoms with Gasteiger partial charge in [0.25, 0.3) is 16.8 Å². The van der Waals surface area contributed by atoms with E-state index >= 15 is 0 Å². The number of unbranched alkanes of at least 4 members (excludes halogenated alkanes) is 5. The van der Waals surface area contributed by atoms with Gasteiger partial charge in [-0.05, 0) is 65.9 Å². The molecule has 0 aliphatic carbocycles. The first-order valence-corrected chi connectivity index (χ1v) is 16.1. The van der Waals surface area contributed by atoms with Crippen LogP contribution >= 0.6 is 17.0 Å². The van der Waals surface area contributed by atoms with E-state index < -0.39 is 0 Å². The lowest BCUT2D eigenvalue weighted by Gasteiger charge is -2.37. The Bertz CT molecular complexity index is 1700. The molecule has 0 fully saturated rings. The lowest BCUT2D eigenvalue weighted by molar-refractivity contribution is -0.938. The van der Waals surface area contributed by atoms with Crippen LogP contribution in [0, 0.1) is 24.0 Å². The van der Waals surface area contributed by atoms with Gasteiger partial charge in [-0.1, -0.05) is 25.0 Å². The second kappa shape index (κ2) is 17.9. The number of benzene rings is 1. The summed E-state index contributed by atoms with van der Waals surface area (Å²) in [7, 11) is 1.48. The summed E-state index contributed by atoms with van der Waals surface area (Å²) in [5.74, 6) is 0. The van der Waals surface area contributed by atoms with E-state index in [4.69, 9.17) is 0 Å². The Morgan fingerprint density at radius 1 is 0.717 bits per heavy atom. The second-order valence-electron chi connectivity index (χ2n) is 12.0. The van der Waals surface area contributed by atoms with Crippen molar-refractivity contribution in [2.75, 3.05) is 19.6 Å². The molecule has 0 radical (unpaired) electrons. The Balaban J connectivity index is 0.00000736. The van der Waals surface area contributed by atoms with Crippen LogP contribution in [-0.4, -0.2) is 47.3 Å². The van der Waals surface area contributed by atoms with E-state index in [1.165, 1.54) is 23.7 Å². The zero-order chi connectivity index (χ0) is 33.1. The van der Waals surface area contributed by atoms with Crippen LogP contribution in [0.3, 0.4) is 0 Å². The predicted molar refractivity (Wildman–Crippen MR) is 186 cm³/mol. The molecule has 0 aliphatic rings. The molecule has 3 aromatic rings. The van der Waals surface area contributed by atoms with Gasteiger partial charge < -0.3 is 4.48 Å². The number of halogens is 1. The fraction of sp³-hybridized carbons (Fsp3) is 0.576. The van der Waals surface area contributed by atoms with Crippen LogP contribution in [0.25, 0.3) is 0 Å². The summed E-state index contributed by atoms with van der Waals surface area (Å²) in [6, 6.07) is 9.93. The van der Waals surface area contributed by atoms with E-state index in [1.807, 2.05) is 12.1 Å². The molecule has 0 saturated carbocycles.